The summed E-state index contributed by atoms with van der Waals surface area (Å²) in [7, 11) is -0.421. The van der Waals surface area contributed by atoms with Gasteiger partial charge in [0.1, 0.15) is 0 Å². The van der Waals surface area contributed by atoms with Crippen molar-refractivity contribution in [1.82, 2.24) is 9.79 Å². The Morgan fingerprint density at radius 2 is 2.05 bits per heavy atom. The lowest BCUT2D eigenvalue weighted by atomic mass is 9.83. The summed E-state index contributed by atoms with van der Waals surface area (Å²) in [6, 6.07) is 3.93. The maximum atomic E-state index is 10.6. The van der Waals surface area contributed by atoms with Gasteiger partial charge in [0.15, 0.2) is 6.20 Å². The van der Waals surface area contributed by atoms with E-state index in [9.17, 15) is 15.1 Å². The first-order valence-electron chi connectivity index (χ1n) is 6.87. The number of hydrogen-bond acceptors (Lipinski definition) is 6. The third-order valence-corrected chi connectivity index (χ3v) is 4.26. The van der Waals surface area contributed by atoms with Crippen molar-refractivity contribution in [1.29, 1.82) is 0 Å². The van der Waals surface area contributed by atoms with E-state index in [1.54, 1.807) is 19.1 Å². The maximum absolute atomic E-state index is 10.6. The molecule has 1 aromatic rings. The van der Waals surface area contributed by atoms with Crippen molar-refractivity contribution in [2.45, 2.75) is 31.7 Å². The predicted octanol–water partition coefficient (Wildman–Crippen LogP) is 0.753. The van der Waals surface area contributed by atoms with E-state index >= 15 is 0 Å². The first-order chi connectivity index (χ1) is 9.56. The van der Waals surface area contributed by atoms with Crippen molar-refractivity contribution in [3.8, 4) is 0 Å². The first kappa shape index (κ1) is 13.3. The number of hydrogen-bond donors (Lipinski definition) is 1. The van der Waals surface area contributed by atoms with E-state index < -0.39 is 12.0 Å². The Kier molecular flexibility index (Phi) is 3.35. The number of fused-ring (bicyclic) bond motifs is 2. The number of aromatic nitrogens is 1. The van der Waals surface area contributed by atoms with Gasteiger partial charge in [-0.05, 0) is 35.6 Å². The zero-order valence-corrected chi connectivity index (χ0v) is 11.3. The molecule has 2 aliphatic rings. The molecule has 0 radical (unpaired) electrons. The van der Waals surface area contributed by atoms with Gasteiger partial charge in [0.05, 0.1) is 5.69 Å². The quantitative estimate of drug-likeness (QED) is 0.498. The molecule has 0 saturated carbocycles. The highest BCUT2D eigenvalue weighted by molar-refractivity contribution is 6.45. The van der Waals surface area contributed by atoms with Crippen LogP contribution in [0.5, 0.6) is 0 Å². The average Bonchev–Trinajstić information content (AvgIpc) is 2.68. The number of rotatable bonds is 3. The second-order valence-electron chi connectivity index (χ2n) is 5.51. The maximum Gasteiger partial charge on any atom is 0.376 e. The molecular formula is C12H17BN4O3. The van der Waals surface area contributed by atoms with Crippen LogP contribution < -0.4 is 4.90 Å². The zero-order valence-electron chi connectivity index (χ0n) is 11.3. The number of pyridine rings is 1. The highest BCUT2D eigenvalue weighted by Crippen LogP contribution is 2.35. The van der Waals surface area contributed by atoms with E-state index in [0.717, 1.165) is 31.6 Å². The number of nitro groups is 1. The first-order valence-corrected chi connectivity index (χ1v) is 6.87. The van der Waals surface area contributed by atoms with Crippen LogP contribution in [0, 0.1) is 10.1 Å². The lowest BCUT2D eigenvalue weighted by Gasteiger charge is -2.42. The molecule has 20 heavy (non-hydrogen) atoms. The van der Waals surface area contributed by atoms with Crippen LogP contribution in [0.3, 0.4) is 0 Å². The molecule has 3 heterocycles. The fourth-order valence-corrected chi connectivity index (χ4v) is 3.30. The van der Waals surface area contributed by atoms with Crippen LogP contribution in [-0.2, 0) is 0 Å². The molecule has 1 N–H and O–H groups in total. The number of nitrogens with zero attached hydrogens (tertiary/aromatic N) is 4. The number of anilines is 1. The molecule has 8 heteroatoms. The summed E-state index contributed by atoms with van der Waals surface area (Å²) in [4.78, 5) is 18.4. The van der Waals surface area contributed by atoms with Crippen molar-refractivity contribution >= 4 is 18.6 Å². The fourth-order valence-electron chi connectivity index (χ4n) is 3.30. The third-order valence-electron chi connectivity index (χ3n) is 4.26. The van der Waals surface area contributed by atoms with Crippen LogP contribution in [-0.4, -0.2) is 52.0 Å². The molecule has 2 unspecified atom stereocenters. The molecule has 3 rings (SSSR count). The molecule has 1 aromatic heterocycles. The van der Waals surface area contributed by atoms with Crippen molar-refractivity contribution in [3.05, 3.63) is 28.4 Å². The molecule has 0 aromatic carbocycles. The summed E-state index contributed by atoms with van der Waals surface area (Å²) in [5.41, 5.74) is 0.938. The Labute approximate surface area is 117 Å². The lowest BCUT2D eigenvalue weighted by Crippen LogP contribution is -2.57. The zero-order chi connectivity index (χ0) is 14.3. The molecule has 106 valence electrons. The highest BCUT2D eigenvalue weighted by atomic mass is 16.6. The smallest absolute Gasteiger partial charge is 0.376 e. The van der Waals surface area contributed by atoms with E-state index in [1.165, 1.54) is 6.07 Å². The van der Waals surface area contributed by atoms with Crippen molar-refractivity contribution < 1.29 is 9.95 Å². The van der Waals surface area contributed by atoms with Gasteiger partial charge in [-0.15, -0.1) is 0 Å². The Morgan fingerprint density at radius 3 is 2.50 bits per heavy atom. The van der Waals surface area contributed by atoms with E-state index in [4.69, 9.17) is 0 Å². The van der Waals surface area contributed by atoms with Gasteiger partial charge in [-0.3, -0.25) is 0 Å². The molecule has 0 spiro atoms. The average molecular weight is 276 g/mol. The standard InChI is InChI=1S/C12H17BN4O3/c1-13(18)15-7-10-2-3-11(8-15)16(10)9-4-5-12(14-6-9)17(19)20/h4-6,10-11,18H,2-3,7-8H2,1H3. The predicted molar refractivity (Wildman–Crippen MR) is 75.6 cm³/mol. The molecule has 7 nitrogen and oxygen atoms in total. The van der Waals surface area contributed by atoms with Gasteiger partial charge >= 0.3 is 12.9 Å². The SMILES string of the molecule is CB(O)N1CC2CCC(C1)N2c1ccc([N+](=O)[O-])nc1. The minimum absolute atomic E-state index is 0.122. The van der Waals surface area contributed by atoms with Gasteiger partial charge in [-0.1, -0.05) is 0 Å². The Bertz CT molecular complexity index is 496. The molecule has 0 aliphatic carbocycles. The van der Waals surface area contributed by atoms with E-state index in [-0.39, 0.29) is 5.82 Å². The molecule has 2 saturated heterocycles. The third kappa shape index (κ3) is 2.25. The molecule has 2 aliphatic heterocycles. The van der Waals surface area contributed by atoms with Gasteiger partial charge < -0.3 is 24.8 Å². The van der Waals surface area contributed by atoms with E-state index in [2.05, 4.69) is 14.7 Å². The Morgan fingerprint density at radius 1 is 1.40 bits per heavy atom. The van der Waals surface area contributed by atoms with Gasteiger partial charge in [0.2, 0.25) is 0 Å². The lowest BCUT2D eigenvalue weighted by molar-refractivity contribution is -0.389. The van der Waals surface area contributed by atoms with Gasteiger partial charge in [-0.2, -0.15) is 0 Å². The van der Waals surface area contributed by atoms with E-state index in [0.29, 0.717) is 12.1 Å². The Balaban J connectivity index is 1.80. The van der Waals surface area contributed by atoms with Crippen molar-refractivity contribution in [2.24, 2.45) is 0 Å². The van der Waals surface area contributed by atoms with Crippen molar-refractivity contribution in [3.63, 3.8) is 0 Å². The molecule has 2 atom stereocenters. The van der Waals surface area contributed by atoms with Crippen LogP contribution in [0.2, 0.25) is 6.82 Å². The van der Waals surface area contributed by atoms with E-state index in [1.807, 2.05) is 0 Å². The second kappa shape index (κ2) is 5.03. The largest absolute Gasteiger partial charge is 0.437 e. The molecule has 2 bridgehead atoms. The monoisotopic (exact) mass is 276 g/mol. The summed E-state index contributed by atoms with van der Waals surface area (Å²) in [6.07, 6.45) is 3.76. The van der Waals surface area contributed by atoms with Crippen molar-refractivity contribution in [2.75, 3.05) is 18.0 Å². The summed E-state index contributed by atoms with van der Waals surface area (Å²) in [5, 5.41) is 20.4. The summed E-state index contributed by atoms with van der Waals surface area (Å²) < 4.78 is 0. The molecular weight excluding hydrogens is 259 g/mol. The van der Waals surface area contributed by atoms with Gasteiger partial charge in [0.25, 0.3) is 0 Å². The van der Waals surface area contributed by atoms with Crippen LogP contribution in [0.1, 0.15) is 12.8 Å². The van der Waals surface area contributed by atoms with Crippen LogP contribution in [0.15, 0.2) is 18.3 Å². The van der Waals surface area contributed by atoms with Crippen LogP contribution in [0.25, 0.3) is 0 Å². The topological polar surface area (TPSA) is 82.7 Å². The Hall–Kier alpha value is -1.67. The summed E-state index contributed by atoms with van der Waals surface area (Å²) in [5.74, 6) is -0.122. The summed E-state index contributed by atoms with van der Waals surface area (Å²) in [6.45, 7) is 3.44. The van der Waals surface area contributed by atoms with Gasteiger partial charge in [0, 0.05) is 31.2 Å². The minimum atomic E-state index is -0.482. The van der Waals surface area contributed by atoms with Crippen LogP contribution >= 0.6 is 0 Å². The normalized spacial score (nSPS) is 25.8. The minimum Gasteiger partial charge on any atom is -0.437 e. The van der Waals surface area contributed by atoms with Gasteiger partial charge in [-0.25, -0.2) is 0 Å². The summed E-state index contributed by atoms with van der Waals surface area (Å²) >= 11 is 0. The number of piperazine rings is 1. The second-order valence-corrected chi connectivity index (χ2v) is 5.51. The fraction of sp³-hybridized carbons (Fsp3) is 0.583. The molecule has 2 fully saturated rings. The molecule has 0 amide bonds. The van der Waals surface area contributed by atoms with Crippen LogP contribution in [0.4, 0.5) is 11.5 Å². The highest BCUT2D eigenvalue weighted by Gasteiger charge is 2.41.